The lowest BCUT2D eigenvalue weighted by Crippen LogP contribution is -2.54. The van der Waals surface area contributed by atoms with Crippen LogP contribution in [0.5, 0.6) is 5.88 Å². The summed E-state index contributed by atoms with van der Waals surface area (Å²) in [5, 5.41) is 5.72. The Labute approximate surface area is 229 Å². The average molecular weight is 625 g/mol. The van der Waals surface area contributed by atoms with Crippen LogP contribution in [0, 0.1) is 0 Å². The monoisotopic (exact) mass is 624 g/mol. The molecule has 0 unspecified atom stereocenters. The number of carbonyl (C=O) groups excluding carboxylic acids is 1. The molecule has 1 heterocycles. The summed E-state index contributed by atoms with van der Waals surface area (Å²) in [6, 6.07) is 3.86. The lowest BCUT2D eigenvalue weighted by atomic mass is 10.0. The molecule has 0 aliphatic heterocycles. The van der Waals surface area contributed by atoms with Crippen molar-refractivity contribution in [3.05, 3.63) is 46.1 Å². The maximum atomic E-state index is 13.8. The van der Waals surface area contributed by atoms with Gasteiger partial charge < -0.3 is 21.5 Å². The fraction of sp³-hybridized carbons (Fsp3) is 0.409. The van der Waals surface area contributed by atoms with Crippen molar-refractivity contribution in [1.82, 2.24) is 15.1 Å². The topological polar surface area (TPSA) is 121 Å². The zero-order valence-corrected chi connectivity index (χ0v) is 21.2. The van der Waals surface area contributed by atoms with Gasteiger partial charge in [-0.1, -0.05) is 17.7 Å². The Bertz CT molecular complexity index is 1380. The minimum Gasteiger partial charge on any atom is -0.469 e. The minimum atomic E-state index is -6.72. The van der Waals surface area contributed by atoms with Crippen LogP contribution in [-0.2, 0) is 13.2 Å². The molecule has 1 fully saturated rings. The lowest BCUT2D eigenvalue weighted by molar-refractivity contribution is -0.358. The number of halogens is 11. The Morgan fingerprint density at radius 2 is 1.78 bits per heavy atom. The molecule has 0 spiro atoms. The van der Waals surface area contributed by atoms with E-state index in [0.717, 1.165) is 19.5 Å². The number of nitrogens with two attached hydrogens (primary N) is 2. The maximum absolute atomic E-state index is 13.8. The second-order valence-corrected chi connectivity index (χ2v) is 9.28. The number of hydrogen-bond donors (Lipinski definition) is 3. The van der Waals surface area contributed by atoms with Crippen molar-refractivity contribution in [3.63, 3.8) is 0 Å². The van der Waals surface area contributed by atoms with E-state index in [0.29, 0.717) is 17.5 Å². The zero-order valence-electron chi connectivity index (χ0n) is 20.5. The smallest absolute Gasteiger partial charge is 0.460 e. The summed E-state index contributed by atoms with van der Waals surface area (Å²) in [5.41, 5.74) is 8.56. The first-order valence-electron chi connectivity index (χ1n) is 11.1. The number of rotatable bonds is 9. The van der Waals surface area contributed by atoms with Gasteiger partial charge >= 0.3 is 24.2 Å². The lowest BCUT2D eigenvalue weighted by Gasteiger charge is -2.27. The highest BCUT2D eigenvalue weighted by molar-refractivity contribution is 6.34. The molecule has 1 aromatic heterocycles. The summed E-state index contributed by atoms with van der Waals surface area (Å²) in [7, 11) is 0.842. The second-order valence-electron chi connectivity index (χ2n) is 8.88. The first kappa shape index (κ1) is 32.0. The first-order chi connectivity index (χ1) is 18.6. The van der Waals surface area contributed by atoms with Crippen molar-refractivity contribution in [2.75, 3.05) is 6.61 Å². The molecule has 0 atom stereocenters. The standard InChI is InChI=1S/C22H19ClF10N6O2/c1-39-15(14(20(26,27)28)17(38-39)41-9-19(24,25)21(29,30)22(31,32)33)36-8-11(7-34)10-2-3-13(23)12(6-10)16(40)37-18(35)4-5-18/h2-3,6-8H,4-5,9,34-35H2,1H3,(H,37,40). The molecule has 5 N–H and O–H groups in total. The van der Waals surface area contributed by atoms with E-state index < -0.39 is 59.6 Å². The summed E-state index contributed by atoms with van der Waals surface area (Å²) in [6.45, 7) is -2.80. The van der Waals surface area contributed by atoms with E-state index in [-0.39, 0.29) is 21.7 Å². The number of aromatic nitrogens is 2. The fourth-order valence-corrected chi connectivity index (χ4v) is 3.43. The molecule has 1 saturated carbocycles. The Hall–Kier alpha value is -3.54. The molecule has 3 rings (SSSR count). The molecule has 1 aromatic carbocycles. The third-order valence-electron chi connectivity index (χ3n) is 5.67. The van der Waals surface area contributed by atoms with Gasteiger partial charge in [-0.05, 0) is 30.5 Å². The molecule has 19 heteroatoms. The molecular weight excluding hydrogens is 606 g/mol. The van der Waals surface area contributed by atoms with Crippen molar-refractivity contribution in [3.8, 4) is 5.88 Å². The van der Waals surface area contributed by atoms with E-state index in [9.17, 15) is 48.7 Å². The Balaban J connectivity index is 1.93. The largest absolute Gasteiger partial charge is 0.469 e. The molecule has 41 heavy (non-hydrogen) atoms. The van der Waals surface area contributed by atoms with Crippen LogP contribution < -0.4 is 21.5 Å². The molecule has 1 aliphatic carbocycles. The van der Waals surface area contributed by atoms with Crippen molar-refractivity contribution < 1.29 is 53.4 Å². The third kappa shape index (κ3) is 6.69. The van der Waals surface area contributed by atoms with E-state index in [4.69, 9.17) is 23.1 Å². The van der Waals surface area contributed by atoms with Crippen LogP contribution in [0.4, 0.5) is 49.7 Å². The van der Waals surface area contributed by atoms with Gasteiger partial charge in [-0.2, -0.15) is 43.9 Å². The van der Waals surface area contributed by atoms with Gasteiger partial charge in [0.15, 0.2) is 18.0 Å². The number of aliphatic imine (C=N–C) groups is 1. The summed E-state index contributed by atoms with van der Waals surface area (Å²) in [4.78, 5) is 16.1. The van der Waals surface area contributed by atoms with Crippen LogP contribution >= 0.6 is 11.6 Å². The maximum Gasteiger partial charge on any atom is 0.460 e. The molecule has 8 nitrogen and oxygen atoms in total. The highest BCUT2D eigenvalue weighted by Crippen LogP contribution is 2.48. The van der Waals surface area contributed by atoms with Crippen LogP contribution in [-0.4, -0.2) is 52.2 Å². The van der Waals surface area contributed by atoms with Gasteiger partial charge in [0.25, 0.3) is 5.91 Å². The number of amides is 1. The number of alkyl halides is 10. The summed E-state index contributed by atoms with van der Waals surface area (Å²) < 4.78 is 136. The Morgan fingerprint density at radius 3 is 2.29 bits per heavy atom. The molecule has 2 aromatic rings. The van der Waals surface area contributed by atoms with Crippen molar-refractivity contribution in [1.29, 1.82) is 0 Å². The number of nitrogens with one attached hydrogen (secondary N) is 1. The van der Waals surface area contributed by atoms with Crippen LogP contribution in [0.15, 0.2) is 29.4 Å². The molecular formula is C22H19ClF10N6O2. The number of hydrogen-bond acceptors (Lipinski definition) is 6. The second kappa shape index (κ2) is 10.7. The Morgan fingerprint density at radius 1 is 1.17 bits per heavy atom. The van der Waals surface area contributed by atoms with Crippen molar-refractivity contribution >= 4 is 35.1 Å². The van der Waals surface area contributed by atoms with Crippen molar-refractivity contribution in [2.45, 2.75) is 42.7 Å². The van der Waals surface area contributed by atoms with Gasteiger partial charge in [-0.25, -0.2) is 9.67 Å². The van der Waals surface area contributed by atoms with E-state index >= 15 is 0 Å². The van der Waals surface area contributed by atoms with Gasteiger partial charge in [0.2, 0.25) is 5.88 Å². The van der Waals surface area contributed by atoms with Crippen molar-refractivity contribution in [2.24, 2.45) is 23.5 Å². The molecule has 0 bridgehead atoms. The number of benzene rings is 1. The fourth-order valence-electron chi connectivity index (χ4n) is 3.22. The quantitative estimate of drug-likeness (QED) is 0.202. The molecule has 1 amide bonds. The number of ether oxygens (including phenoxy) is 1. The summed E-state index contributed by atoms with van der Waals surface area (Å²) in [5.74, 6) is -16.1. The van der Waals surface area contributed by atoms with Gasteiger partial charge in [0.1, 0.15) is 0 Å². The molecule has 0 radical (unpaired) electrons. The number of carbonyl (C=O) groups is 1. The van der Waals surface area contributed by atoms with E-state index in [1.807, 2.05) is 0 Å². The van der Waals surface area contributed by atoms with Crippen LogP contribution in [0.2, 0.25) is 5.02 Å². The summed E-state index contributed by atoms with van der Waals surface area (Å²) in [6.07, 6.45) is -9.46. The van der Waals surface area contributed by atoms with Crippen LogP contribution in [0.3, 0.4) is 0 Å². The van der Waals surface area contributed by atoms with Gasteiger partial charge in [-0.3, -0.25) is 4.79 Å². The molecule has 0 saturated heterocycles. The predicted octanol–water partition coefficient (Wildman–Crippen LogP) is 5.18. The normalized spacial score (nSPS) is 16.3. The number of aryl methyl sites for hydroxylation is 1. The number of nitrogens with zero attached hydrogens (tertiary/aromatic N) is 3. The summed E-state index contributed by atoms with van der Waals surface area (Å²) >= 11 is 6.07. The highest BCUT2D eigenvalue weighted by atomic mass is 35.5. The van der Waals surface area contributed by atoms with E-state index in [2.05, 4.69) is 20.1 Å². The van der Waals surface area contributed by atoms with E-state index in [1.165, 1.54) is 18.2 Å². The molecule has 226 valence electrons. The van der Waals surface area contributed by atoms with Gasteiger partial charge in [0, 0.05) is 25.0 Å². The highest BCUT2D eigenvalue weighted by Gasteiger charge is 2.73. The van der Waals surface area contributed by atoms with Crippen LogP contribution in [0.1, 0.15) is 34.3 Å². The zero-order chi connectivity index (χ0) is 31.2. The van der Waals surface area contributed by atoms with Gasteiger partial charge in [-0.15, -0.1) is 5.10 Å². The average Bonchev–Trinajstić information content (AvgIpc) is 3.46. The number of allylic oxidation sites excluding steroid dienone is 1. The Kier molecular flexibility index (Phi) is 8.35. The predicted molar refractivity (Wildman–Crippen MR) is 125 cm³/mol. The van der Waals surface area contributed by atoms with Crippen LogP contribution in [0.25, 0.3) is 5.57 Å². The minimum absolute atomic E-state index is 0.00416. The van der Waals surface area contributed by atoms with E-state index in [1.54, 1.807) is 0 Å². The molecule has 1 aliphatic rings. The SMILES string of the molecule is Cn1nc(OCC(F)(F)C(F)(F)C(F)(F)F)c(C(F)(F)F)c1N=CC(=CN)c1ccc(Cl)c(C(=O)NC2(N)CC2)c1. The van der Waals surface area contributed by atoms with Gasteiger partial charge in [0.05, 0.1) is 16.2 Å². The third-order valence-corrected chi connectivity index (χ3v) is 6.00. The first-order valence-corrected chi connectivity index (χ1v) is 11.5.